The average molecular weight is 192 g/mol. The molecular formula is C13H20O. The first-order chi connectivity index (χ1) is 6.88. The monoisotopic (exact) mass is 192 g/mol. The Hall–Kier alpha value is -0.980. The molecule has 1 aliphatic rings. The maximum Gasteiger partial charge on any atom is 0.126 e. The van der Waals surface area contributed by atoms with Crippen molar-refractivity contribution in [3.8, 4) is 5.75 Å². The maximum absolute atomic E-state index is 5.08. The highest BCUT2D eigenvalue weighted by Gasteiger charge is 2.10. The van der Waals surface area contributed by atoms with Crippen LogP contribution in [0.25, 0.3) is 0 Å². The lowest BCUT2D eigenvalue weighted by Crippen LogP contribution is -2.07. The van der Waals surface area contributed by atoms with Gasteiger partial charge < -0.3 is 4.74 Å². The van der Waals surface area contributed by atoms with E-state index in [0.717, 1.165) is 12.4 Å². The number of ether oxygens (including phenoxy) is 1. The summed E-state index contributed by atoms with van der Waals surface area (Å²) in [7, 11) is 0. The molecule has 14 heavy (non-hydrogen) atoms. The summed E-state index contributed by atoms with van der Waals surface area (Å²) in [5.74, 6) is 1.05. The van der Waals surface area contributed by atoms with Crippen LogP contribution >= 0.6 is 0 Å². The number of unbranched alkanes of at least 4 members (excludes halogenated alkanes) is 3. The first-order valence-electron chi connectivity index (χ1n) is 5.59. The third-order valence-corrected chi connectivity index (χ3v) is 2.31. The fourth-order valence-corrected chi connectivity index (χ4v) is 1.34. The maximum atomic E-state index is 5.08. The molecule has 0 fully saturated rings. The fourth-order valence-electron chi connectivity index (χ4n) is 1.34. The zero-order valence-corrected chi connectivity index (χ0v) is 9.25. The van der Waals surface area contributed by atoms with Crippen molar-refractivity contribution < 1.29 is 4.74 Å². The van der Waals surface area contributed by atoms with Crippen LogP contribution in [-0.2, 0) is 6.61 Å². The Morgan fingerprint density at radius 1 is 1.07 bits per heavy atom. The number of rotatable bonds is 3. The van der Waals surface area contributed by atoms with Gasteiger partial charge in [-0.25, -0.2) is 0 Å². The first-order valence-corrected chi connectivity index (χ1v) is 5.59. The zero-order chi connectivity index (χ0) is 10.2. The van der Waals surface area contributed by atoms with Crippen LogP contribution in [-0.4, -0.2) is 0 Å². The van der Waals surface area contributed by atoms with Gasteiger partial charge in [0.25, 0.3) is 0 Å². The Labute approximate surface area is 87.1 Å². The van der Waals surface area contributed by atoms with E-state index < -0.39 is 0 Å². The molecule has 0 saturated heterocycles. The molecule has 0 radical (unpaired) electrons. The largest absolute Gasteiger partial charge is 0.488 e. The lowest BCUT2D eigenvalue weighted by molar-refractivity contribution is 0.243. The highest BCUT2D eigenvalue weighted by Crippen LogP contribution is 2.27. The molecule has 2 rings (SSSR count). The second-order valence-electron chi connectivity index (χ2n) is 3.60. The van der Waals surface area contributed by atoms with Crippen molar-refractivity contribution in [2.75, 3.05) is 0 Å². The molecular weight excluding hydrogens is 172 g/mol. The summed E-state index contributed by atoms with van der Waals surface area (Å²) in [6.45, 7) is 5.27. The van der Waals surface area contributed by atoms with E-state index in [9.17, 15) is 0 Å². The third-order valence-electron chi connectivity index (χ3n) is 2.31. The molecule has 1 heteroatoms. The van der Waals surface area contributed by atoms with Crippen molar-refractivity contribution >= 4 is 0 Å². The summed E-state index contributed by atoms with van der Waals surface area (Å²) in [6, 6.07) is 8.08. The van der Waals surface area contributed by atoms with Gasteiger partial charge in [-0.3, -0.25) is 0 Å². The second-order valence-corrected chi connectivity index (χ2v) is 3.60. The standard InChI is InChI=1S/C7H6O.C6H14/c1-2-4-7-6(3-1)5-8-7;1-3-5-6-4-2/h1-4H,5H2;3-6H2,1-2H3. The van der Waals surface area contributed by atoms with E-state index >= 15 is 0 Å². The molecule has 1 nitrogen and oxygen atoms in total. The zero-order valence-electron chi connectivity index (χ0n) is 9.25. The van der Waals surface area contributed by atoms with Gasteiger partial charge >= 0.3 is 0 Å². The summed E-state index contributed by atoms with van der Waals surface area (Å²) >= 11 is 0. The summed E-state index contributed by atoms with van der Waals surface area (Å²) in [4.78, 5) is 0. The molecule has 0 spiro atoms. The van der Waals surface area contributed by atoms with Crippen molar-refractivity contribution in [3.63, 3.8) is 0 Å². The molecule has 0 atom stereocenters. The van der Waals surface area contributed by atoms with E-state index in [-0.39, 0.29) is 0 Å². The van der Waals surface area contributed by atoms with E-state index in [2.05, 4.69) is 19.9 Å². The number of para-hydroxylation sites is 1. The van der Waals surface area contributed by atoms with Gasteiger partial charge in [-0.15, -0.1) is 0 Å². The summed E-state index contributed by atoms with van der Waals surface area (Å²) in [5.41, 5.74) is 1.33. The van der Waals surface area contributed by atoms with E-state index in [1.54, 1.807) is 0 Å². The summed E-state index contributed by atoms with van der Waals surface area (Å²) in [6.07, 6.45) is 5.54. The fraction of sp³-hybridized carbons (Fsp3) is 0.538. The quantitative estimate of drug-likeness (QED) is 0.653. The van der Waals surface area contributed by atoms with Crippen LogP contribution < -0.4 is 4.74 Å². The van der Waals surface area contributed by atoms with Crippen LogP contribution in [0.3, 0.4) is 0 Å². The predicted octanol–water partition coefficient (Wildman–Crippen LogP) is 4.17. The van der Waals surface area contributed by atoms with Crippen LogP contribution in [0.1, 0.15) is 45.1 Å². The highest BCUT2D eigenvalue weighted by molar-refractivity contribution is 5.37. The Morgan fingerprint density at radius 2 is 1.71 bits per heavy atom. The van der Waals surface area contributed by atoms with Gasteiger partial charge in [0.05, 0.1) is 0 Å². The summed E-state index contributed by atoms with van der Waals surface area (Å²) < 4.78 is 5.08. The molecule has 0 bridgehead atoms. The van der Waals surface area contributed by atoms with E-state index in [0.29, 0.717) is 0 Å². The number of hydrogen-bond donors (Lipinski definition) is 0. The number of benzene rings is 1. The predicted molar refractivity (Wildman–Crippen MR) is 60.6 cm³/mol. The van der Waals surface area contributed by atoms with Crippen LogP contribution in [0.4, 0.5) is 0 Å². The molecule has 0 unspecified atom stereocenters. The van der Waals surface area contributed by atoms with Gasteiger partial charge in [0.2, 0.25) is 0 Å². The molecule has 0 saturated carbocycles. The molecule has 0 aromatic heterocycles. The van der Waals surface area contributed by atoms with Gasteiger partial charge in [0, 0.05) is 5.56 Å². The van der Waals surface area contributed by atoms with Gasteiger partial charge in [-0.05, 0) is 6.07 Å². The van der Waals surface area contributed by atoms with E-state index in [1.165, 1.54) is 31.2 Å². The topological polar surface area (TPSA) is 9.23 Å². The van der Waals surface area contributed by atoms with E-state index in [1.807, 2.05) is 18.2 Å². The lowest BCUT2D eigenvalue weighted by Gasteiger charge is -2.18. The smallest absolute Gasteiger partial charge is 0.126 e. The average Bonchev–Trinajstić information content (AvgIpc) is 2.18. The second kappa shape index (κ2) is 6.47. The third kappa shape index (κ3) is 3.41. The van der Waals surface area contributed by atoms with Crippen molar-refractivity contribution in [2.24, 2.45) is 0 Å². The van der Waals surface area contributed by atoms with Crippen molar-refractivity contribution in [1.29, 1.82) is 0 Å². The van der Waals surface area contributed by atoms with Gasteiger partial charge in [0.1, 0.15) is 12.4 Å². The minimum Gasteiger partial charge on any atom is -0.488 e. The van der Waals surface area contributed by atoms with Crippen LogP contribution in [0.2, 0.25) is 0 Å². The van der Waals surface area contributed by atoms with Gasteiger partial charge in [-0.1, -0.05) is 57.7 Å². The molecule has 0 amide bonds. The Bertz CT molecular complexity index is 228. The molecule has 1 aliphatic heterocycles. The Balaban J connectivity index is 0.000000149. The number of hydrogen-bond acceptors (Lipinski definition) is 1. The van der Waals surface area contributed by atoms with Gasteiger partial charge in [-0.2, -0.15) is 0 Å². The van der Waals surface area contributed by atoms with E-state index in [4.69, 9.17) is 4.74 Å². The van der Waals surface area contributed by atoms with Crippen LogP contribution in [0.5, 0.6) is 5.75 Å². The Morgan fingerprint density at radius 3 is 2.00 bits per heavy atom. The SMILES string of the molecule is CCCCCC.c1ccc2c(c1)CO2. The molecule has 0 N–H and O–H groups in total. The normalized spacial score (nSPS) is 11.6. The molecule has 1 heterocycles. The van der Waals surface area contributed by atoms with Crippen molar-refractivity contribution in [1.82, 2.24) is 0 Å². The minimum absolute atomic E-state index is 0.802. The van der Waals surface area contributed by atoms with Crippen LogP contribution in [0, 0.1) is 0 Å². The van der Waals surface area contributed by atoms with Crippen LogP contribution in [0.15, 0.2) is 24.3 Å². The minimum atomic E-state index is 0.802. The lowest BCUT2D eigenvalue weighted by atomic mass is 10.1. The van der Waals surface area contributed by atoms with Crippen molar-refractivity contribution in [3.05, 3.63) is 29.8 Å². The first kappa shape index (κ1) is 11.1. The van der Waals surface area contributed by atoms with Gasteiger partial charge in [0.15, 0.2) is 0 Å². The molecule has 0 aliphatic carbocycles. The molecule has 78 valence electrons. The molecule has 1 aromatic rings. The van der Waals surface area contributed by atoms with Crippen molar-refractivity contribution in [2.45, 2.75) is 46.1 Å². The Kier molecular flexibility index (Phi) is 5.13. The summed E-state index contributed by atoms with van der Waals surface area (Å²) in [5, 5.41) is 0. The number of fused-ring (bicyclic) bond motifs is 1. The molecule has 1 aromatic carbocycles. The highest BCUT2D eigenvalue weighted by atomic mass is 16.5.